The molecule has 40 heavy (non-hydrogen) atoms. The normalized spacial score (nSPS) is 13.9. The van der Waals surface area contributed by atoms with Gasteiger partial charge in [0.1, 0.15) is 17.1 Å². The largest absolute Gasteiger partial charge is 0.469 e. The van der Waals surface area contributed by atoms with Crippen molar-refractivity contribution in [1.82, 2.24) is 0 Å². The summed E-state index contributed by atoms with van der Waals surface area (Å²) in [4.78, 5) is 42.5. The van der Waals surface area contributed by atoms with E-state index in [-0.39, 0.29) is 73.6 Å². The molecule has 0 bridgehead atoms. The van der Waals surface area contributed by atoms with Gasteiger partial charge >= 0.3 is 23.9 Å². The molecule has 1 aliphatic rings. The van der Waals surface area contributed by atoms with E-state index in [9.17, 15) is 19.2 Å². The average molecular weight is 669 g/mol. The van der Waals surface area contributed by atoms with E-state index in [1.54, 1.807) is 13.8 Å². The maximum Gasteiger partial charge on any atom is 0.325 e. The van der Waals surface area contributed by atoms with E-state index < -0.39 is 23.1 Å². The summed E-state index contributed by atoms with van der Waals surface area (Å²) >= 11 is 0. The number of hydrogen-bond acceptors (Lipinski definition) is 12. The number of halogens is 4. The topological polar surface area (TPSA) is 209 Å². The van der Waals surface area contributed by atoms with Crippen LogP contribution < -0.4 is 22.9 Å². The lowest BCUT2D eigenvalue weighted by Gasteiger charge is -2.29. The van der Waals surface area contributed by atoms with Gasteiger partial charge in [0.25, 0.3) is 0 Å². The summed E-state index contributed by atoms with van der Waals surface area (Å²) in [5.74, 6) is -1.22. The molecule has 2 atom stereocenters. The third-order valence-corrected chi connectivity index (χ3v) is 5.17. The van der Waals surface area contributed by atoms with Crippen LogP contribution in [0.1, 0.15) is 79.1 Å². The highest BCUT2D eigenvalue weighted by atomic mass is 35.5. The molecule has 0 heterocycles. The summed E-state index contributed by atoms with van der Waals surface area (Å²) in [7, 11) is 5.41. The average Bonchev–Trinajstić information content (AvgIpc) is 2.87. The van der Waals surface area contributed by atoms with Crippen LogP contribution in [0.3, 0.4) is 0 Å². The Balaban J connectivity index is -0.0000000709. The van der Waals surface area contributed by atoms with Crippen molar-refractivity contribution >= 4 is 73.5 Å². The molecule has 0 spiro atoms. The molecule has 1 rings (SSSR count). The highest BCUT2D eigenvalue weighted by Gasteiger charge is 2.36. The Bertz CT molecular complexity index is 651. The number of ether oxygens (including phenoxy) is 4. The smallest absolute Gasteiger partial charge is 0.325 e. The molecule has 0 amide bonds. The minimum absolute atomic E-state index is 0. The first-order valence-corrected chi connectivity index (χ1v) is 12.0. The van der Waals surface area contributed by atoms with Gasteiger partial charge in [-0.05, 0) is 39.5 Å². The fraction of sp³-hybridized carbons (Fsp3) is 0.833. The van der Waals surface area contributed by atoms with E-state index in [1.165, 1.54) is 34.9 Å². The Morgan fingerprint density at radius 2 is 1.23 bits per heavy atom. The van der Waals surface area contributed by atoms with Crippen LogP contribution in [0.5, 0.6) is 0 Å². The van der Waals surface area contributed by atoms with Crippen molar-refractivity contribution in [3.05, 3.63) is 0 Å². The van der Waals surface area contributed by atoms with Crippen LogP contribution in [0.25, 0.3) is 0 Å². The molecule has 12 nitrogen and oxygen atoms in total. The summed E-state index contributed by atoms with van der Waals surface area (Å²) in [6, 6.07) is -0.488. The number of esters is 4. The fourth-order valence-corrected chi connectivity index (χ4v) is 2.61. The monoisotopic (exact) mass is 666 g/mol. The maximum atomic E-state index is 11.1. The van der Waals surface area contributed by atoms with E-state index in [1.807, 2.05) is 13.8 Å². The van der Waals surface area contributed by atoms with Crippen LogP contribution in [-0.2, 0) is 38.1 Å². The second kappa shape index (κ2) is 30.8. The molecular weight excluding hydrogens is 614 g/mol. The van der Waals surface area contributed by atoms with Gasteiger partial charge in [-0.3, -0.25) is 19.2 Å². The van der Waals surface area contributed by atoms with E-state index in [2.05, 4.69) is 18.9 Å². The molecular formula is C24H54Cl4N4O8. The van der Waals surface area contributed by atoms with Crippen molar-refractivity contribution in [3.8, 4) is 0 Å². The SMILES string of the molecule is CCC(N)C(=O)OC.CCC(N)CC(=O)OC.COC(=O)C(C)(C)N.COC(=O)C1(N)CCCCC1.Cl.Cl.Cl.Cl. The summed E-state index contributed by atoms with van der Waals surface area (Å²) < 4.78 is 17.7. The van der Waals surface area contributed by atoms with Gasteiger partial charge in [-0.25, -0.2) is 0 Å². The Morgan fingerprint density at radius 1 is 0.775 bits per heavy atom. The molecule has 0 aromatic heterocycles. The van der Waals surface area contributed by atoms with Gasteiger partial charge in [-0.2, -0.15) is 0 Å². The molecule has 0 aromatic carbocycles. The van der Waals surface area contributed by atoms with Crippen LogP contribution in [-0.4, -0.2) is 75.5 Å². The van der Waals surface area contributed by atoms with E-state index in [0.29, 0.717) is 12.8 Å². The van der Waals surface area contributed by atoms with E-state index in [4.69, 9.17) is 22.9 Å². The standard InChI is InChI=1S/C8H15NO2.C6H13NO2.2C5H11NO2.4ClH/c1-11-7(10)8(9)5-3-2-4-6-8;1-3-5(7)4-6(8)9-2;1-5(2,6)4(7)8-3;1-3-4(6)5(7)8-2;;;;/h2-6,9H2,1H3;5H,3-4,7H2,1-2H3;6H2,1-3H3;4H,3,6H2,1-2H3;4*1H. The fourth-order valence-electron chi connectivity index (χ4n) is 2.61. The van der Waals surface area contributed by atoms with Gasteiger partial charge in [-0.15, -0.1) is 49.6 Å². The highest BCUT2D eigenvalue weighted by Crippen LogP contribution is 2.26. The molecule has 1 saturated carbocycles. The van der Waals surface area contributed by atoms with Crippen LogP contribution >= 0.6 is 49.6 Å². The molecule has 0 aliphatic heterocycles. The van der Waals surface area contributed by atoms with Crippen LogP contribution in [0, 0.1) is 0 Å². The van der Waals surface area contributed by atoms with Gasteiger partial charge < -0.3 is 41.9 Å². The first-order chi connectivity index (χ1) is 16.6. The molecule has 2 unspecified atom stereocenters. The second-order valence-corrected chi connectivity index (χ2v) is 8.91. The quantitative estimate of drug-likeness (QED) is 0.228. The van der Waals surface area contributed by atoms with Crippen molar-refractivity contribution in [3.63, 3.8) is 0 Å². The van der Waals surface area contributed by atoms with Crippen molar-refractivity contribution in [1.29, 1.82) is 0 Å². The molecule has 0 aromatic rings. The predicted molar refractivity (Wildman–Crippen MR) is 166 cm³/mol. The van der Waals surface area contributed by atoms with Crippen molar-refractivity contribution < 1.29 is 38.1 Å². The Hall–Kier alpha value is -1.12. The Kier molecular flexibility index (Phi) is 42.3. The molecule has 1 fully saturated rings. The summed E-state index contributed by atoms with van der Waals surface area (Å²) in [5, 5.41) is 0. The lowest BCUT2D eigenvalue weighted by molar-refractivity contribution is -0.148. The molecule has 8 N–H and O–H groups in total. The minimum Gasteiger partial charge on any atom is -0.469 e. The predicted octanol–water partition coefficient (Wildman–Crippen LogP) is 2.59. The minimum atomic E-state index is -0.852. The lowest BCUT2D eigenvalue weighted by atomic mass is 9.83. The van der Waals surface area contributed by atoms with E-state index in [0.717, 1.165) is 32.1 Å². The van der Waals surface area contributed by atoms with Gasteiger partial charge in [0.15, 0.2) is 0 Å². The number of nitrogens with two attached hydrogens (primary N) is 4. The number of hydrogen-bond donors (Lipinski definition) is 4. The molecule has 16 heteroatoms. The summed E-state index contributed by atoms with van der Waals surface area (Å²) in [5.41, 5.74) is 20.3. The van der Waals surface area contributed by atoms with Gasteiger partial charge in [-0.1, -0.05) is 33.1 Å². The number of carbonyl (C=O) groups is 4. The maximum absolute atomic E-state index is 11.1. The van der Waals surface area contributed by atoms with Gasteiger partial charge in [0.2, 0.25) is 0 Å². The zero-order valence-electron chi connectivity index (χ0n) is 25.0. The van der Waals surface area contributed by atoms with Crippen molar-refractivity contribution in [2.45, 2.75) is 102 Å². The zero-order chi connectivity index (χ0) is 28.9. The van der Waals surface area contributed by atoms with Crippen molar-refractivity contribution in [2.24, 2.45) is 22.9 Å². The number of methoxy groups -OCH3 is 4. The van der Waals surface area contributed by atoms with Crippen LogP contribution in [0.4, 0.5) is 0 Å². The van der Waals surface area contributed by atoms with Crippen LogP contribution in [0.2, 0.25) is 0 Å². The summed E-state index contributed by atoms with van der Waals surface area (Å²) in [6.45, 7) is 6.97. The van der Waals surface area contributed by atoms with Crippen LogP contribution in [0.15, 0.2) is 0 Å². The number of carbonyl (C=O) groups excluding carboxylic acids is 4. The lowest BCUT2D eigenvalue weighted by Crippen LogP contribution is -2.49. The van der Waals surface area contributed by atoms with Gasteiger partial charge in [0, 0.05) is 6.04 Å². The molecule has 0 radical (unpaired) electrons. The van der Waals surface area contributed by atoms with Gasteiger partial charge in [0.05, 0.1) is 34.9 Å². The second-order valence-electron chi connectivity index (χ2n) is 8.91. The third kappa shape index (κ3) is 28.4. The highest BCUT2D eigenvalue weighted by molar-refractivity contribution is 5.86. The Labute approximate surface area is 264 Å². The Morgan fingerprint density at radius 3 is 1.45 bits per heavy atom. The molecule has 1 aliphatic carbocycles. The van der Waals surface area contributed by atoms with E-state index >= 15 is 0 Å². The molecule has 246 valence electrons. The number of rotatable bonds is 7. The third-order valence-electron chi connectivity index (χ3n) is 5.17. The first-order valence-electron chi connectivity index (χ1n) is 12.0. The molecule has 0 saturated heterocycles. The summed E-state index contributed by atoms with van der Waals surface area (Å²) in [6.07, 6.45) is 6.61. The zero-order valence-corrected chi connectivity index (χ0v) is 28.3. The van der Waals surface area contributed by atoms with Crippen molar-refractivity contribution in [2.75, 3.05) is 28.4 Å². The first kappa shape index (κ1) is 54.9.